The summed E-state index contributed by atoms with van der Waals surface area (Å²) in [6, 6.07) is 27.6. The van der Waals surface area contributed by atoms with Gasteiger partial charge in [0.15, 0.2) is 0 Å². The number of benzene rings is 4. The molecule has 1 amide bonds. The fraction of sp³-hybridized carbons (Fsp3) is 0.265. The fourth-order valence-electron chi connectivity index (χ4n) is 3.24. The van der Waals surface area contributed by atoms with Crippen LogP contribution in [0.4, 0.5) is 18.9 Å². The Morgan fingerprint density at radius 2 is 1.10 bits per heavy atom. The van der Waals surface area contributed by atoms with Crippen LogP contribution in [0.25, 0.3) is 0 Å². The van der Waals surface area contributed by atoms with E-state index < -0.39 is 25.7 Å². The molecule has 0 aliphatic carbocycles. The second-order valence-corrected chi connectivity index (χ2v) is 13.2. The average molecular weight is 728 g/mol. The van der Waals surface area contributed by atoms with E-state index >= 15 is 0 Å². The molecule has 0 spiro atoms. The zero-order valence-electron chi connectivity index (χ0n) is 27.6. The van der Waals surface area contributed by atoms with E-state index in [-0.39, 0.29) is 12.4 Å². The average Bonchev–Trinajstić information content (AvgIpc) is 3.03. The molecule has 4 rings (SSSR count). The van der Waals surface area contributed by atoms with Gasteiger partial charge in [-0.25, -0.2) is 0 Å². The Morgan fingerprint density at radius 1 is 0.694 bits per heavy atom. The third-order valence-electron chi connectivity index (χ3n) is 5.75. The standard InChI is InChI=1S/C10H14O2.C8H7F3O3S.C8H9NO.C8H10O3S/c1-2-9-3-5-10(6-4-9)12-8-7-11;1-6-2-4-7(5-3-6)14-15(12,13)8(9,10)11;1-7-2-4-8(5-3-7)9-6-10;1-7-3-5-8(6-4-7)11-12(2,9)10/h3-6,11H,2,7-8H2,1H3;2-5H,1H3;2-6H,1H3,(H,9,10);3-6H,1-2H3. The molecule has 0 aliphatic heterocycles. The Kier molecular flexibility index (Phi) is 17.9. The minimum Gasteiger partial charge on any atom is -0.491 e. The lowest BCUT2D eigenvalue weighted by molar-refractivity contribution is -0.105. The zero-order chi connectivity index (χ0) is 37.1. The second kappa shape index (κ2) is 20.7. The van der Waals surface area contributed by atoms with Crippen molar-refractivity contribution >= 4 is 32.3 Å². The maximum atomic E-state index is 11.9. The molecule has 0 aliphatic rings. The Hall–Kier alpha value is -4.60. The predicted octanol–water partition coefficient (Wildman–Crippen LogP) is 6.74. The van der Waals surface area contributed by atoms with E-state index in [9.17, 15) is 34.8 Å². The summed E-state index contributed by atoms with van der Waals surface area (Å²) in [5.41, 5.74) is -0.233. The highest BCUT2D eigenvalue weighted by molar-refractivity contribution is 7.88. The van der Waals surface area contributed by atoms with Gasteiger partial charge in [-0.2, -0.15) is 30.0 Å². The molecular formula is C34H40F3NO9S2. The van der Waals surface area contributed by atoms with Crippen molar-refractivity contribution in [1.29, 1.82) is 0 Å². The molecule has 2 N–H and O–H groups in total. The molecule has 0 unspecified atom stereocenters. The smallest absolute Gasteiger partial charge is 0.491 e. The van der Waals surface area contributed by atoms with Crippen molar-refractivity contribution < 1.29 is 53.0 Å². The van der Waals surface area contributed by atoms with Crippen LogP contribution in [0.1, 0.15) is 29.2 Å². The highest BCUT2D eigenvalue weighted by atomic mass is 32.2. The maximum absolute atomic E-state index is 11.9. The van der Waals surface area contributed by atoms with Crippen LogP contribution in [-0.2, 0) is 31.5 Å². The highest BCUT2D eigenvalue weighted by Gasteiger charge is 2.48. The quantitative estimate of drug-likeness (QED) is 0.103. The molecule has 4 aromatic carbocycles. The molecule has 4 aromatic rings. The lowest BCUT2D eigenvalue weighted by atomic mass is 10.2. The molecule has 49 heavy (non-hydrogen) atoms. The van der Waals surface area contributed by atoms with Crippen LogP contribution in [0.3, 0.4) is 0 Å². The summed E-state index contributed by atoms with van der Waals surface area (Å²) in [5, 5.41) is 11.1. The number of halogens is 3. The molecule has 0 fully saturated rings. The van der Waals surface area contributed by atoms with Crippen molar-refractivity contribution in [2.24, 2.45) is 0 Å². The Bertz CT molecular complexity index is 1750. The molecule has 0 radical (unpaired) electrons. The van der Waals surface area contributed by atoms with Gasteiger partial charge in [0.1, 0.15) is 23.9 Å². The van der Waals surface area contributed by atoms with Gasteiger partial charge in [0.05, 0.1) is 12.9 Å². The molecule has 15 heteroatoms. The van der Waals surface area contributed by atoms with Gasteiger partial charge in [-0.3, -0.25) is 4.79 Å². The summed E-state index contributed by atoms with van der Waals surface area (Å²) >= 11 is 0. The summed E-state index contributed by atoms with van der Waals surface area (Å²) in [5.74, 6) is 0.808. The van der Waals surface area contributed by atoms with Crippen LogP contribution < -0.4 is 18.4 Å². The monoisotopic (exact) mass is 727 g/mol. The molecule has 0 atom stereocenters. The Morgan fingerprint density at radius 3 is 1.47 bits per heavy atom. The van der Waals surface area contributed by atoms with Gasteiger partial charge >= 0.3 is 25.7 Å². The second-order valence-electron chi connectivity index (χ2n) is 10.1. The summed E-state index contributed by atoms with van der Waals surface area (Å²) in [4.78, 5) is 9.95. The number of hydrogen-bond donors (Lipinski definition) is 2. The van der Waals surface area contributed by atoms with Gasteiger partial charge in [0.2, 0.25) is 6.41 Å². The molecule has 0 aromatic heterocycles. The zero-order valence-corrected chi connectivity index (χ0v) is 29.2. The van der Waals surface area contributed by atoms with Crippen LogP contribution in [0.2, 0.25) is 0 Å². The van der Waals surface area contributed by atoms with Crippen LogP contribution in [0, 0.1) is 20.8 Å². The number of anilines is 1. The van der Waals surface area contributed by atoms with Crippen molar-refractivity contribution in [2.45, 2.75) is 39.6 Å². The van der Waals surface area contributed by atoms with Gasteiger partial charge in [-0.15, -0.1) is 0 Å². The summed E-state index contributed by atoms with van der Waals surface area (Å²) in [6.45, 7) is 8.18. The number of aryl methyl sites for hydroxylation is 4. The third-order valence-corrected chi connectivity index (χ3v) is 7.22. The van der Waals surface area contributed by atoms with Crippen molar-refractivity contribution in [3.63, 3.8) is 0 Å². The van der Waals surface area contributed by atoms with E-state index in [2.05, 4.69) is 20.6 Å². The van der Waals surface area contributed by atoms with Crippen LogP contribution in [0.15, 0.2) is 97.1 Å². The van der Waals surface area contributed by atoms with Crippen molar-refractivity contribution in [1.82, 2.24) is 0 Å². The number of carbonyl (C=O) groups excluding carboxylic acids is 1. The number of amides is 1. The van der Waals surface area contributed by atoms with Crippen molar-refractivity contribution in [3.8, 4) is 17.2 Å². The minimum absolute atomic E-state index is 0.0650. The maximum Gasteiger partial charge on any atom is 0.534 e. The highest BCUT2D eigenvalue weighted by Crippen LogP contribution is 2.26. The van der Waals surface area contributed by atoms with E-state index in [0.29, 0.717) is 18.8 Å². The molecule has 0 bridgehead atoms. The Labute approximate surface area is 285 Å². The summed E-state index contributed by atoms with van der Waals surface area (Å²) in [6.07, 6.45) is 2.73. The van der Waals surface area contributed by atoms with Gasteiger partial charge in [0.25, 0.3) is 0 Å². The molecule has 0 heterocycles. The van der Waals surface area contributed by atoms with E-state index in [0.717, 1.165) is 47.4 Å². The van der Waals surface area contributed by atoms with Crippen LogP contribution in [-0.4, -0.2) is 53.3 Å². The van der Waals surface area contributed by atoms with Crippen molar-refractivity contribution in [3.05, 3.63) is 119 Å². The predicted molar refractivity (Wildman–Crippen MR) is 183 cm³/mol. The molecular weight excluding hydrogens is 688 g/mol. The number of hydrogen-bond acceptors (Lipinski definition) is 9. The normalized spacial score (nSPS) is 10.8. The fourth-order valence-corrected chi connectivity index (χ4v) is 4.16. The molecule has 10 nitrogen and oxygen atoms in total. The largest absolute Gasteiger partial charge is 0.534 e. The summed E-state index contributed by atoms with van der Waals surface area (Å²) in [7, 11) is -8.95. The first-order valence-electron chi connectivity index (χ1n) is 14.5. The van der Waals surface area contributed by atoms with Crippen LogP contribution in [0.5, 0.6) is 17.2 Å². The lowest BCUT2D eigenvalue weighted by Crippen LogP contribution is -2.28. The third kappa shape index (κ3) is 18.5. The first kappa shape index (κ1) is 42.4. The molecule has 0 saturated carbocycles. The van der Waals surface area contributed by atoms with Gasteiger partial charge < -0.3 is 23.5 Å². The number of aliphatic hydroxyl groups is 1. The molecule has 0 saturated heterocycles. The van der Waals surface area contributed by atoms with E-state index in [1.807, 2.05) is 62.4 Å². The van der Waals surface area contributed by atoms with E-state index in [4.69, 9.17) is 9.84 Å². The number of rotatable bonds is 10. The topological polar surface area (TPSA) is 145 Å². The number of ether oxygens (including phenoxy) is 1. The first-order chi connectivity index (χ1) is 22.9. The van der Waals surface area contributed by atoms with Gasteiger partial charge in [0, 0.05) is 5.69 Å². The SMILES string of the molecule is CCc1ccc(OCCO)cc1.Cc1ccc(NC=O)cc1.Cc1ccc(OS(=O)(=O)C(F)(F)F)cc1.Cc1ccc(OS(C)(=O)=O)cc1. The lowest BCUT2D eigenvalue weighted by Gasteiger charge is -2.09. The minimum atomic E-state index is -5.56. The number of alkyl halides is 3. The van der Waals surface area contributed by atoms with E-state index in [1.54, 1.807) is 31.2 Å². The first-order valence-corrected chi connectivity index (χ1v) is 17.7. The number of carbonyl (C=O) groups is 1. The van der Waals surface area contributed by atoms with Gasteiger partial charge in [-0.05, 0) is 81.3 Å². The molecule has 268 valence electrons. The van der Waals surface area contributed by atoms with Crippen LogP contribution >= 0.6 is 0 Å². The number of aliphatic hydroxyl groups excluding tert-OH is 1. The summed E-state index contributed by atoms with van der Waals surface area (Å²) < 4.78 is 91.8. The van der Waals surface area contributed by atoms with E-state index in [1.165, 1.54) is 23.3 Å². The van der Waals surface area contributed by atoms with Gasteiger partial charge in [-0.1, -0.05) is 72.1 Å². The number of nitrogens with one attached hydrogen (secondary N) is 1. The Balaban J connectivity index is 0.000000330. The van der Waals surface area contributed by atoms with Crippen molar-refractivity contribution in [2.75, 3.05) is 24.8 Å².